The summed E-state index contributed by atoms with van der Waals surface area (Å²) in [4.78, 5) is 27.8. The van der Waals surface area contributed by atoms with E-state index in [9.17, 15) is 23.3 Å². The number of non-ortho nitro benzene ring substituents is 1. The van der Waals surface area contributed by atoms with Crippen LogP contribution in [0.1, 0.15) is 15.9 Å². The summed E-state index contributed by atoms with van der Waals surface area (Å²) in [5.74, 6) is -0.269. The highest BCUT2D eigenvalue weighted by Gasteiger charge is 2.20. The number of aromatic nitrogens is 1. The minimum absolute atomic E-state index is 0.0187. The first-order valence-electron chi connectivity index (χ1n) is 8.69. The first kappa shape index (κ1) is 20.9. The van der Waals surface area contributed by atoms with Gasteiger partial charge in [0.2, 0.25) is 0 Å². The van der Waals surface area contributed by atoms with Gasteiger partial charge in [-0.15, -0.1) is 0 Å². The lowest BCUT2D eigenvalue weighted by Gasteiger charge is -2.17. The fourth-order valence-corrected chi connectivity index (χ4v) is 3.61. The Hall–Kier alpha value is -3.79. The Morgan fingerprint density at radius 2 is 1.77 bits per heavy atom. The van der Waals surface area contributed by atoms with E-state index in [1.54, 1.807) is 31.6 Å². The van der Waals surface area contributed by atoms with Crippen LogP contribution < -0.4 is 4.18 Å². The molecule has 0 bridgehead atoms. The number of carbonyl (C=O) groups is 1. The second-order valence-electron chi connectivity index (χ2n) is 6.33. The molecule has 0 N–H and O–H groups in total. The molecule has 9 nitrogen and oxygen atoms in total. The summed E-state index contributed by atoms with van der Waals surface area (Å²) < 4.78 is 29.8. The van der Waals surface area contributed by atoms with Crippen LogP contribution in [0.15, 0.2) is 78.0 Å². The van der Waals surface area contributed by atoms with Crippen molar-refractivity contribution in [1.82, 2.24) is 9.88 Å². The molecule has 0 radical (unpaired) electrons. The molecule has 0 atom stereocenters. The Morgan fingerprint density at radius 1 is 1.10 bits per heavy atom. The molecular formula is C20H17N3O6S. The van der Waals surface area contributed by atoms with Gasteiger partial charge in [0.1, 0.15) is 10.6 Å². The molecule has 0 spiro atoms. The predicted molar refractivity (Wildman–Crippen MR) is 107 cm³/mol. The third-order valence-corrected chi connectivity index (χ3v) is 5.38. The van der Waals surface area contributed by atoms with E-state index in [1.165, 1.54) is 47.4 Å². The summed E-state index contributed by atoms with van der Waals surface area (Å²) >= 11 is 0. The van der Waals surface area contributed by atoms with Crippen molar-refractivity contribution in [3.63, 3.8) is 0 Å². The van der Waals surface area contributed by atoms with E-state index < -0.39 is 15.0 Å². The standard InChI is InChI=1S/C20H17N3O6S/c1-22(14-15-9-11-21-12-10-15)20(24)16-5-7-18(8-6-16)29-30(27,28)19-4-2-3-17(13-19)23(25)26/h2-13H,14H2,1H3. The molecule has 3 rings (SSSR count). The molecule has 30 heavy (non-hydrogen) atoms. The van der Waals surface area contributed by atoms with E-state index in [4.69, 9.17) is 4.18 Å². The van der Waals surface area contributed by atoms with Gasteiger partial charge in [-0.05, 0) is 48.0 Å². The van der Waals surface area contributed by atoms with Gasteiger partial charge >= 0.3 is 10.1 Å². The largest absolute Gasteiger partial charge is 0.379 e. The zero-order valence-electron chi connectivity index (χ0n) is 15.8. The molecule has 0 aliphatic rings. The summed E-state index contributed by atoms with van der Waals surface area (Å²) in [5.41, 5.74) is 0.911. The topological polar surface area (TPSA) is 120 Å². The van der Waals surface area contributed by atoms with Crippen LogP contribution in [0.25, 0.3) is 0 Å². The number of benzene rings is 2. The lowest BCUT2D eigenvalue weighted by Crippen LogP contribution is -2.26. The maximum atomic E-state index is 12.6. The van der Waals surface area contributed by atoms with Crippen LogP contribution in [0.5, 0.6) is 5.75 Å². The van der Waals surface area contributed by atoms with Gasteiger partial charge in [-0.2, -0.15) is 8.42 Å². The molecule has 1 heterocycles. The van der Waals surface area contributed by atoms with Gasteiger partial charge in [-0.25, -0.2) is 0 Å². The average molecular weight is 427 g/mol. The second-order valence-corrected chi connectivity index (χ2v) is 7.88. The molecule has 3 aromatic rings. The number of nitrogens with zero attached hydrogens (tertiary/aromatic N) is 3. The number of hydrogen-bond acceptors (Lipinski definition) is 7. The monoisotopic (exact) mass is 427 g/mol. The highest BCUT2D eigenvalue weighted by molar-refractivity contribution is 7.87. The Bertz CT molecular complexity index is 1160. The molecule has 0 aliphatic heterocycles. The van der Waals surface area contributed by atoms with Crippen LogP contribution in [0, 0.1) is 10.1 Å². The molecule has 0 saturated carbocycles. The molecule has 2 aromatic carbocycles. The molecule has 1 amide bonds. The molecule has 154 valence electrons. The van der Waals surface area contributed by atoms with Gasteiger partial charge in [-0.1, -0.05) is 6.07 Å². The molecule has 0 aliphatic carbocycles. The van der Waals surface area contributed by atoms with Crippen LogP contribution >= 0.6 is 0 Å². The summed E-state index contributed by atoms with van der Waals surface area (Å²) in [7, 11) is -2.61. The van der Waals surface area contributed by atoms with Crippen LogP contribution in [0.3, 0.4) is 0 Å². The quantitative estimate of drug-likeness (QED) is 0.323. The minimum atomic E-state index is -4.27. The summed E-state index contributed by atoms with van der Waals surface area (Å²) in [6.45, 7) is 0.390. The third kappa shape index (κ3) is 4.97. The minimum Gasteiger partial charge on any atom is -0.379 e. The van der Waals surface area contributed by atoms with E-state index in [0.717, 1.165) is 11.6 Å². The van der Waals surface area contributed by atoms with Crippen molar-refractivity contribution in [2.24, 2.45) is 0 Å². The number of nitro benzene ring substituents is 1. The zero-order chi connectivity index (χ0) is 21.7. The fourth-order valence-electron chi connectivity index (χ4n) is 2.63. The number of carbonyl (C=O) groups excluding carboxylic acids is 1. The van der Waals surface area contributed by atoms with E-state index in [-0.39, 0.29) is 22.2 Å². The molecule has 0 unspecified atom stereocenters. The number of amides is 1. The Kier molecular flexibility index (Phi) is 6.07. The smallest absolute Gasteiger partial charge is 0.339 e. The Labute approximate surface area is 172 Å². The normalized spacial score (nSPS) is 11.0. The molecule has 0 fully saturated rings. The van der Waals surface area contributed by atoms with Gasteiger partial charge in [0, 0.05) is 43.7 Å². The van der Waals surface area contributed by atoms with Crippen molar-refractivity contribution in [3.8, 4) is 5.75 Å². The number of hydrogen-bond donors (Lipinski definition) is 0. The highest BCUT2D eigenvalue weighted by Crippen LogP contribution is 2.22. The fraction of sp³-hybridized carbons (Fsp3) is 0.100. The lowest BCUT2D eigenvalue weighted by atomic mass is 10.2. The van der Waals surface area contributed by atoms with E-state index in [0.29, 0.717) is 12.1 Å². The summed E-state index contributed by atoms with van der Waals surface area (Å²) in [5, 5.41) is 10.8. The van der Waals surface area contributed by atoms with E-state index in [1.807, 2.05) is 0 Å². The molecule has 1 aromatic heterocycles. The van der Waals surface area contributed by atoms with Crippen LogP contribution in [-0.4, -0.2) is 36.2 Å². The summed E-state index contributed by atoms with van der Waals surface area (Å²) in [6, 6.07) is 13.8. The van der Waals surface area contributed by atoms with Crippen LogP contribution in [0.4, 0.5) is 5.69 Å². The maximum Gasteiger partial charge on any atom is 0.339 e. The second kappa shape index (κ2) is 8.70. The van der Waals surface area contributed by atoms with Crippen molar-refractivity contribution in [1.29, 1.82) is 0 Å². The van der Waals surface area contributed by atoms with Crippen molar-refractivity contribution in [2.45, 2.75) is 11.4 Å². The molecule has 0 saturated heterocycles. The van der Waals surface area contributed by atoms with Gasteiger partial charge in [-0.3, -0.25) is 19.9 Å². The number of rotatable bonds is 7. The summed E-state index contributed by atoms with van der Waals surface area (Å²) in [6.07, 6.45) is 3.28. The SMILES string of the molecule is CN(Cc1ccncc1)C(=O)c1ccc(OS(=O)(=O)c2cccc([N+](=O)[O-])c2)cc1. The maximum absolute atomic E-state index is 12.6. The first-order chi connectivity index (χ1) is 14.3. The zero-order valence-corrected chi connectivity index (χ0v) is 16.7. The van der Waals surface area contributed by atoms with Gasteiger partial charge in [0.05, 0.1) is 4.92 Å². The third-order valence-electron chi connectivity index (χ3n) is 4.14. The average Bonchev–Trinajstić information content (AvgIpc) is 2.74. The van der Waals surface area contributed by atoms with Gasteiger partial charge < -0.3 is 9.08 Å². The highest BCUT2D eigenvalue weighted by atomic mass is 32.2. The van der Waals surface area contributed by atoms with Gasteiger partial charge in [0.25, 0.3) is 11.6 Å². The van der Waals surface area contributed by atoms with E-state index >= 15 is 0 Å². The predicted octanol–water partition coefficient (Wildman–Crippen LogP) is 3.03. The van der Waals surface area contributed by atoms with Crippen molar-refractivity contribution in [3.05, 3.63) is 94.3 Å². The van der Waals surface area contributed by atoms with Crippen LogP contribution in [0.2, 0.25) is 0 Å². The lowest BCUT2D eigenvalue weighted by molar-refractivity contribution is -0.385. The molecule has 10 heteroatoms. The number of nitro groups is 1. The first-order valence-corrected chi connectivity index (χ1v) is 10.1. The number of pyridine rings is 1. The van der Waals surface area contributed by atoms with Crippen LogP contribution in [-0.2, 0) is 16.7 Å². The van der Waals surface area contributed by atoms with Crippen molar-refractivity contribution >= 4 is 21.7 Å². The van der Waals surface area contributed by atoms with Crippen molar-refractivity contribution in [2.75, 3.05) is 7.05 Å². The molecular weight excluding hydrogens is 410 g/mol. The Balaban J connectivity index is 1.71. The Morgan fingerprint density at radius 3 is 2.40 bits per heavy atom. The van der Waals surface area contributed by atoms with Crippen molar-refractivity contribution < 1.29 is 22.3 Å². The van der Waals surface area contributed by atoms with E-state index in [2.05, 4.69) is 4.98 Å². The van der Waals surface area contributed by atoms with Gasteiger partial charge in [0.15, 0.2) is 0 Å².